The zero-order valence-corrected chi connectivity index (χ0v) is 9.45. The van der Waals surface area contributed by atoms with Crippen LogP contribution in [0, 0.1) is 6.92 Å². The van der Waals surface area contributed by atoms with Crippen LogP contribution in [0.5, 0.6) is 0 Å². The van der Waals surface area contributed by atoms with E-state index in [9.17, 15) is 4.79 Å². The second-order valence-electron chi connectivity index (χ2n) is 3.12. The number of aromatic nitrogens is 3. The van der Waals surface area contributed by atoms with E-state index in [2.05, 4.69) is 20.4 Å². The Morgan fingerprint density at radius 2 is 2.50 bits per heavy atom. The van der Waals surface area contributed by atoms with Gasteiger partial charge < -0.3 is 9.84 Å². The number of nitrogens with one attached hydrogen (secondary N) is 1. The molecule has 0 saturated carbocycles. The number of hydrogen-bond donors (Lipinski definition) is 1. The highest BCUT2D eigenvalue weighted by Crippen LogP contribution is 2.11. The number of hydrogen-bond acceptors (Lipinski definition) is 6. The van der Waals surface area contributed by atoms with Crippen LogP contribution in [0.2, 0.25) is 0 Å². The molecule has 0 atom stereocenters. The molecule has 0 aromatic carbocycles. The standard InChI is InChI=1S/C9H10N4O2S/c1-6-11-8(15-13-6)3-2-7(14)12-9-10-4-5-16-9/h4-5H,2-3H2,1H3,(H,10,12,14). The number of aryl methyl sites for hydroxylation is 2. The number of nitrogens with zero attached hydrogens (tertiary/aromatic N) is 3. The molecule has 0 aliphatic carbocycles. The smallest absolute Gasteiger partial charge is 0.227 e. The van der Waals surface area contributed by atoms with Crippen molar-refractivity contribution in [2.75, 3.05) is 5.32 Å². The number of rotatable bonds is 4. The van der Waals surface area contributed by atoms with Crippen LogP contribution < -0.4 is 5.32 Å². The van der Waals surface area contributed by atoms with Crippen molar-refractivity contribution < 1.29 is 9.32 Å². The molecule has 2 aromatic rings. The molecule has 2 aromatic heterocycles. The topological polar surface area (TPSA) is 80.9 Å². The van der Waals surface area contributed by atoms with Crippen LogP contribution in [0.4, 0.5) is 5.13 Å². The van der Waals surface area contributed by atoms with Crippen molar-refractivity contribution in [2.45, 2.75) is 19.8 Å². The lowest BCUT2D eigenvalue weighted by Gasteiger charge is -1.98. The van der Waals surface area contributed by atoms with Crippen LogP contribution in [-0.2, 0) is 11.2 Å². The van der Waals surface area contributed by atoms with Gasteiger partial charge in [-0.3, -0.25) is 4.79 Å². The van der Waals surface area contributed by atoms with Crippen LogP contribution in [0.3, 0.4) is 0 Å². The van der Waals surface area contributed by atoms with Crippen LogP contribution in [-0.4, -0.2) is 21.0 Å². The van der Waals surface area contributed by atoms with Gasteiger partial charge >= 0.3 is 0 Å². The van der Waals surface area contributed by atoms with Crippen LogP contribution in [0.25, 0.3) is 0 Å². The Labute approximate surface area is 95.7 Å². The molecule has 0 spiro atoms. The summed E-state index contributed by atoms with van der Waals surface area (Å²) < 4.78 is 4.90. The largest absolute Gasteiger partial charge is 0.339 e. The van der Waals surface area contributed by atoms with Gasteiger partial charge in [-0.05, 0) is 6.92 Å². The Morgan fingerprint density at radius 1 is 1.62 bits per heavy atom. The average Bonchev–Trinajstić information content (AvgIpc) is 2.87. The van der Waals surface area contributed by atoms with Crippen molar-refractivity contribution in [3.63, 3.8) is 0 Å². The van der Waals surface area contributed by atoms with E-state index in [0.717, 1.165) is 0 Å². The third-order valence-corrected chi connectivity index (χ3v) is 2.50. The number of thiazole rings is 1. The van der Waals surface area contributed by atoms with Crippen molar-refractivity contribution in [1.29, 1.82) is 0 Å². The fourth-order valence-corrected chi connectivity index (χ4v) is 1.67. The van der Waals surface area contributed by atoms with Crippen LogP contribution in [0.15, 0.2) is 16.1 Å². The van der Waals surface area contributed by atoms with E-state index in [1.54, 1.807) is 18.5 Å². The van der Waals surface area contributed by atoms with Gasteiger partial charge in [0, 0.05) is 24.4 Å². The molecule has 0 bridgehead atoms. The minimum atomic E-state index is -0.106. The maximum absolute atomic E-state index is 11.5. The Balaban J connectivity index is 1.80. The number of carbonyl (C=O) groups excluding carboxylic acids is 1. The second-order valence-corrected chi connectivity index (χ2v) is 4.02. The molecule has 0 unspecified atom stereocenters. The van der Waals surface area contributed by atoms with Crippen molar-refractivity contribution in [1.82, 2.24) is 15.1 Å². The molecule has 0 aliphatic heterocycles. The third-order valence-electron chi connectivity index (χ3n) is 1.81. The maximum atomic E-state index is 11.5. The molecule has 0 fully saturated rings. The molecule has 2 rings (SSSR count). The van der Waals surface area contributed by atoms with E-state index in [4.69, 9.17) is 4.52 Å². The van der Waals surface area contributed by atoms with E-state index >= 15 is 0 Å². The zero-order chi connectivity index (χ0) is 11.4. The van der Waals surface area contributed by atoms with Gasteiger partial charge in [0.2, 0.25) is 11.8 Å². The van der Waals surface area contributed by atoms with Gasteiger partial charge in [-0.1, -0.05) is 5.16 Å². The normalized spacial score (nSPS) is 10.3. The summed E-state index contributed by atoms with van der Waals surface area (Å²) >= 11 is 1.38. The summed E-state index contributed by atoms with van der Waals surface area (Å²) in [4.78, 5) is 19.4. The quantitative estimate of drug-likeness (QED) is 0.870. The summed E-state index contributed by atoms with van der Waals surface area (Å²) in [6, 6.07) is 0. The SMILES string of the molecule is Cc1noc(CCC(=O)Nc2nccs2)n1. The Morgan fingerprint density at radius 3 is 3.12 bits per heavy atom. The molecular weight excluding hydrogens is 228 g/mol. The molecule has 0 radical (unpaired) electrons. The lowest BCUT2D eigenvalue weighted by Crippen LogP contribution is -2.12. The fourth-order valence-electron chi connectivity index (χ4n) is 1.13. The maximum Gasteiger partial charge on any atom is 0.227 e. The third kappa shape index (κ3) is 2.86. The average molecular weight is 238 g/mol. The van der Waals surface area contributed by atoms with Gasteiger partial charge in [-0.2, -0.15) is 4.98 Å². The van der Waals surface area contributed by atoms with Gasteiger partial charge in [-0.15, -0.1) is 11.3 Å². The molecule has 2 heterocycles. The van der Waals surface area contributed by atoms with Crippen molar-refractivity contribution in [3.8, 4) is 0 Å². The van der Waals surface area contributed by atoms with Crippen LogP contribution >= 0.6 is 11.3 Å². The molecule has 0 aliphatic rings. The summed E-state index contributed by atoms with van der Waals surface area (Å²) in [6.07, 6.45) is 2.39. The van der Waals surface area contributed by atoms with Gasteiger partial charge in [0.1, 0.15) is 0 Å². The second kappa shape index (κ2) is 4.84. The van der Waals surface area contributed by atoms with Crippen molar-refractivity contribution >= 4 is 22.4 Å². The van der Waals surface area contributed by atoms with E-state index in [-0.39, 0.29) is 5.91 Å². The first-order chi connectivity index (χ1) is 7.74. The first kappa shape index (κ1) is 10.7. The van der Waals surface area contributed by atoms with Gasteiger partial charge in [0.15, 0.2) is 11.0 Å². The predicted molar refractivity (Wildman–Crippen MR) is 58.1 cm³/mol. The number of amides is 1. The molecule has 0 saturated heterocycles. The van der Waals surface area contributed by atoms with E-state index in [1.165, 1.54) is 11.3 Å². The molecule has 6 nitrogen and oxygen atoms in total. The van der Waals surface area contributed by atoms with E-state index in [1.807, 2.05) is 0 Å². The summed E-state index contributed by atoms with van der Waals surface area (Å²) in [5, 5.41) is 8.73. The van der Waals surface area contributed by atoms with Gasteiger partial charge in [0.05, 0.1) is 0 Å². The van der Waals surface area contributed by atoms with Crippen molar-refractivity contribution in [3.05, 3.63) is 23.3 Å². The van der Waals surface area contributed by atoms with Crippen molar-refractivity contribution in [2.24, 2.45) is 0 Å². The highest BCUT2D eigenvalue weighted by molar-refractivity contribution is 7.13. The lowest BCUT2D eigenvalue weighted by molar-refractivity contribution is -0.116. The van der Waals surface area contributed by atoms with E-state index < -0.39 is 0 Å². The Hall–Kier alpha value is -1.76. The summed E-state index contributed by atoms with van der Waals surface area (Å²) in [7, 11) is 0. The summed E-state index contributed by atoms with van der Waals surface area (Å²) in [5.41, 5.74) is 0. The summed E-state index contributed by atoms with van der Waals surface area (Å²) in [5.74, 6) is 0.952. The number of anilines is 1. The molecule has 7 heteroatoms. The molecule has 1 amide bonds. The minimum absolute atomic E-state index is 0.106. The monoisotopic (exact) mass is 238 g/mol. The first-order valence-corrected chi connectivity index (χ1v) is 5.60. The molecular formula is C9H10N4O2S. The molecule has 84 valence electrons. The predicted octanol–water partition coefficient (Wildman–Crippen LogP) is 1.41. The minimum Gasteiger partial charge on any atom is -0.339 e. The summed E-state index contributed by atoms with van der Waals surface area (Å²) in [6.45, 7) is 1.74. The molecule has 16 heavy (non-hydrogen) atoms. The van der Waals surface area contributed by atoms with E-state index in [0.29, 0.717) is 29.7 Å². The fraction of sp³-hybridized carbons (Fsp3) is 0.333. The highest BCUT2D eigenvalue weighted by Gasteiger charge is 2.08. The lowest BCUT2D eigenvalue weighted by atomic mass is 10.3. The number of carbonyl (C=O) groups is 1. The van der Waals surface area contributed by atoms with Gasteiger partial charge in [-0.25, -0.2) is 4.98 Å². The Kier molecular flexibility index (Phi) is 3.25. The zero-order valence-electron chi connectivity index (χ0n) is 8.64. The Bertz CT molecular complexity index is 466. The van der Waals surface area contributed by atoms with Gasteiger partial charge in [0.25, 0.3) is 0 Å². The molecule has 1 N–H and O–H groups in total. The highest BCUT2D eigenvalue weighted by atomic mass is 32.1. The van der Waals surface area contributed by atoms with Crippen LogP contribution in [0.1, 0.15) is 18.1 Å². The first-order valence-electron chi connectivity index (χ1n) is 4.72.